The van der Waals surface area contributed by atoms with E-state index in [-0.39, 0.29) is 0 Å². The zero-order valence-corrected chi connectivity index (χ0v) is 11.8. The molecule has 2 fully saturated rings. The van der Waals surface area contributed by atoms with Gasteiger partial charge in [0.25, 0.3) is 0 Å². The van der Waals surface area contributed by atoms with Gasteiger partial charge in [-0.25, -0.2) is 8.42 Å². The van der Waals surface area contributed by atoms with Gasteiger partial charge in [0.15, 0.2) is 0 Å². The van der Waals surface area contributed by atoms with Crippen molar-refractivity contribution in [1.82, 2.24) is 10.2 Å². The average molecular weight is 272 g/mol. The van der Waals surface area contributed by atoms with Crippen molar-refractivity contribution in [3.8, 4) is 0 Å². The molecule has 0 radical (unpaired) electrons. The summed E-state index contributed by atoms with van der Waals surface area (Å²) >= 11 is 0. The molecule has 2 rings (SSSR count). The van der Waals surface area contributed by atoms with E-state index in [0.717, 1.165) is 52.0 Å². The Bertz CT molecular complexity index is 372. The van der Waals surface area contributed by atoms with Crippen molar-refractivity contribution in [3.63, 3.8) is 0 Å². The van der Waals surface area contributed by atoms with Gasteiger partial charge in [-0.05, 0) is 25.2 Å². The molecule has 0 spiro atoms. The van der Waals surface area contributed by atoms with Crippen LogP contribution in [0.1, 0.15) is 19.3 Å². The SMILES string of the molecule is C=C(CC1CCS(=O)(=O)CC1)CN1CCNCC1. The van der Waals surface area contributed by atoms with Crippen LogP contribution in [0.2, 0.25) is 0 Å². The molecular weight excluding hydrogens is 248 g/mol. The molecule has 0 unspecified atom stereocenters. The fraction of sp³-hybridized carbons (Fsp3) is 0.846. The molecule has 18 heavy (non-hydrogen) atoms. The maximum Gasteiger partial charge on any atom is 0.150 e. The highest BCUT2D eigenvalue weighted by molar-refractivity contribution is 7.91. The van der Waals surface area contributed by atoms with Crippen molar-refractivity contribution in [2.75, 3.05) is 44.2 Å². The van der Waals surface area contributed by atoms with Gasteiger partial charge in [0.2, 0.25) is 0 Å². The Morgan fingerprint density at radius 2 is 1.83 bits per heavy atom. The van der Waals surface area contributed by atoms with Crippen LogP contribution in [0.5, 0.6) is 0 Å². The summed E-state index contributed by atoms with van der Waals surface area (Å²) < 4.78 is 22.7. The van der Waals surface area contributed by atoms with Crippen LogP contribution < -0.4 is 5.32 Å². The highest BCUT2D eigenvalue weighted by atomic mass is 32.2. The number of hydrogen-bond acceptors (Lipinski definition) is 4. The zero-order chi connectivity index (χ0) is 13.0. The Balaban J connectivity index is 1.71. The molecular formula is C13H24N2O2S. The lowest BCUT2D eigenvalue weighted by atomic mass is 9.94. The molecule has 0 aromatic rings. The number of rotatable bonds is 4. The minimum absolute atomic E-state index is 0.374. The van der Waals surface area contributed by atoms with E-state index in [1.165, 1.54) is 5.57 Å². The molecule has 0 amide bonds. The third-order valence-corrected chi connectivity index (χ3v) is 5.62. The molecule has 0 saturated carbocycles. The second kappa shape index (κ2) is 6.17. The van der Waals surface area contributed by atoms with Crippen LogP contribution in [-0.2, 0) is 9.84 Å². The molecule has 2 aliphatic rings. The second-order valence-corrected chi connectivity index (χ2v) is 7.88. The van der Waals surface area contributed by atoms with Crippen LogP contribution in [-0.4, -0.2) is 57.5 Å². The minimum atomic E-state index is -2.73. The Morgan fingerprint density at radius 1 is 1.22 bits per heavy atom. The summed E-state index contributed by atoms with van der Waals surface area (Å²) in [5.41, 5.74) is 1.26. The van der Waals surface area contributed by atoms with Gasteiger partial charge < -0.3 is 5.32 Å². The fourth-order valence-corrected chi connectivity index (χ4v) is 4.39. The molecule has 0 atom stereocenters. The number of piperazine rings is 1. The molecule has 4 nitrogen and oxygen atoms in total. The van der Waals surface area contributed by atoms with Crippen LogP contribution in [0.4, 0.5) is 0 Å². The second-order valence-electron chi connectivity index (χ2n) is 5.58. The van der Waals surface area contributed by atoms with E-state index in [1.807, 2.05) is 0 Å². The average Bonchev–Trinajstić information content (AvgIpc) is 2.33. The lowest BCUT2D eigenvalue weighted by Gasteiger charge is -2.29. The number of hydrogen-bond donors (Lipinski definition) is 1. The molecule has 2 saturated heterocycles. The first kappa shape index (κ1) is 14.0. The highest BCUT2D eigenvalue weighted by Crippen LogP contribution is 2.25. The van der Waals surface area contributed by atoms with Crippen LogP contribution in [0.3, 0.4) is 0 Å². The van der Waals surface area contributed by atoms with Gasteiger partial charge in [-0.1, -0.05) is 12.2 Å². The maximum absolute atomic E-state index is 11.4. The first-order valence-electron chi connectivity index (χ1n) is 6.85. The summed E-state index contributed by atoms with van der Waals surface area (Å²) in [5.74, 6) is 1.28. The smallest absolute Gasteiger partial charge is 0.150 e. The third kappa shape index (κ3) is 4.37. The Morgan fingerprint density at radius 3 is 2.44 bits per heavy atom. The normalized spacial score (nSPS) is 26.0. The highest BCUT2D eigenvalue weighted by Gasteiger charge is 2.24. The number of sulfone groups is 1. The summed E-state index contributed by atoms with van der Waals surface area (Å²) in [6, 6.07) is 0. The van der Waals surface area contributed by atoms with Gasteiger partial charge in [-0.15, -0.1) is 0 Å². The predicted molar refractivity (Wildman–Crippen MR) is 74.4 cm³/mol. The van der Waals surface area contributed by atoms with Crippen molar-refractivity contribution in [2.24, 2.45) is 5.92 Å². The molecule has 0 aromatic heterocycles. The maximum atomic E-state index is 11.4. The Kier molecular flexibility index (Phi) is 4.81. The Labute approximate surface area is 110 Å². The minimum Gasteiger partial charge on any atom is -0.314 e. The zero-order valence-electron chi connectivity index (χ0n) is 11.0. The summed E-state index contributed by atoms with van der Waals surface area (Å²) in [6.07, 6.45) is 2.64. The van der Waals surface area contributed by atoms with E-state index in [0.29, 0.717) is 17.4 Å². The Hall–Kier alpha value is -0.390. The molecule has 104 valence electrons. The molecule has 0 bridgehead atoms. The number of nitrogens with one attached hydrogen (secondary N) is 1. The van der Waals surface area contributed by atoms with Gasteiger partial charge in [-0.3, -0.25) is 4.90 Å². The van der Waals surface area contributed by atoms with E-state index in [4.69, 9.17) is 0 Å². The van der Waals surface area contributed by atoms with Crippen molar-refractivity contribution in [1.29, 1.82) is 0 Å². The monoisotopic (exact) mass is 272 g/mol. The van der Waals surface area contributed by atoms with E-state index >= 15 is 0 Å². The predicted octanol–water partition coefficient (Wildman–Crippen LogP) is 0.663. The van der Waals surface area contributed by atoms with Crippen molar-refractivity contribution in [2.45, 2.75) is 19.3 Å². The molecule has 0 aromatic carbocycles. The summed E-state index contributed by atoms with van der Waals surface area (Å²) in [4.78, 5) is 2.43. The van der Waals surface area contributed by atoms with E-state index in [1.54, 1.807) is 0 Å². The van der Waals surface area contributed by atoms with Crippen LogP contribution in [0.25, 0.3) is 0 Å². The fourth-order valence-electron chi connectivity index (χ4n) is 2.80. The largest absolute Gasteiger partial charge is 0.314 e. The number of nitrogens with zero attached hydrogens (tertiary/aromatic N) is 1. The molecule has 5 heteroatoms. The lowest BCUT2D eigenvalue weighted by molar-refractivity contribution is 0.255. The van der Waals surface area contributed by atoms with Gasteiger partial charge in [0.05, 0.1) is 11.5 Å². The lowest BCUT2D eigenvalue weighted by Crippen LogP contribution is -2.44. The quantitative estimate of drug-likeness (QED) is 0.764. The van der Waals surface area contributed by atoms with Gasteiger partial charge in [0, 0.05) is 32.7 Å². The van der Waals surface area contributed by atoms with E-state index < -0.39 is 9.84 Å². The first-order chi connectivity index (χ1) is 8.55. The van der Waals surface area contributed by atoms with Gasteiger partial charge in [-0.2, -0.15) is 0 Å². The molecule has 2 heterocycles. The standard InChI is InChI=1S/C13H24N2O2S/c1-12(11-15-6-4-14-5-7-15)10-13-2-8-18(16,17)9-3-13/h13-14H,1-11H2. The summed E-state index contributed by atoms with van der Waals surface area (Å²) in [5, 5.41) is 3.34. The molecule has 2 aliphatic heterocycles. The first-order valence-corrected chi connectivity index (χ1v) is 8.67. The van der Waals surface area contributed by atoms with Crippen molar-refractivity contribution >= 4 is 9.84 Å². The van der Waals surface area contributed by atoms with Crippen molar-refractivity contribution in [3.05, 3.63) is 12.2 Å². The van der Waals surface area contributed by atoms with Gasteiger partial charge >= 0.3 is 0 Å². The van der Waals surface area contributed by atoms with E-state index in [9.17, 15) is 8.42 Å². The van der Waals surface area contributed by atoms with Crippen molar-refractivity contribution < 1.29 is 8.42 Å². The third-order valence-electron chi connectivity index (χ3n) is 3.91. The van der Waals surface area contributed by atoms with Crippen LogP contribution in [0, 0.1) is 5.92 Å². The summed E-state index contributed by atoms with van der Waals surface area (Å²) in [7, 11) is -2.73. The van der Waals surface area contributed by atoms with Crippen LogP contribution >= 0.6 is 0 Å². The van der Waals surface area contributed by atoms with Crippen LogP contribution in [0.15, 0.2) is 12.2 Å². The van der Waals surface area contributed by atoms with E-state index in [2.05, 4.69) is 16.8 Å². The summed E-state index contributed by atoms with van der Waals surface area (Å²) in [6.45, 7) is 9.46. The topological polar surface area (TPSA) is 49.4 Å². The van der Waals surface area contributed by atoms with Gasteiger partial charge in [0.1, 0.15) is 9.84 Å². The molecule has 1 N–H and O–H groups in total. The molecule has 0 aliphatic carbocycles.